The van der Waals surface area contributed by atoms with E-state index in [1.165, 1.54) is 30.5 Å². The Balaban J connectivity index is 1.53. The molecule has 0 bridgehead atoms. The van der Waals surface area contributed by atoms with Crippen molar-refractivity contribution in [3.63, 3.8) is 0 Å². The second-order valence-electron chi connectivity index (χ2n) is 10.5. The molecule has 2 aromatic rings. The third-order valence-electron chi connectivity index (χ3n) is 7.53. The van der Waals surface area contributed by atoms with E-state index in [4.69, 9.17) is 4.74 Å². The molecular weight excluding hydrogens is 578 g/mol. The SMILES string of the molecule is CN1CCC(Nc2ccccc2SC2=CCC=C(c3ccnc(N4CCOCC4)c3)C(C(F)(F)F)=C2C(F)(F)F)CC1. The van der Waals surface area contributed by atoms with Crippen LogP contribution in [0.2, 0.25) is 0 Å². The molecule has 1 aromatic carbocycles. The number of benzene rings is 1. The van der Waals surface area contributed by atoms with E-state index in [0.717, 1.165) is 25.9 Å². The number of morpholine rings is 1. The van der Waals surface area contributed by atoms with E-state index in [-0.39, 0.29) is 18.0 Å². The van der Waals surface area contributed by atoms with Crippen LogP contribution in [-0.4, -0.2) is 74.7 Å². The van der Waals surface area contributed by atoms with Crippen molar-refractivity contribution in [2.75, 3.05) is 56.7 Å². The van der Waals surface area contributed by atoms with Gasteiger partial charge in [-0.15, -0.1) is 0 Å². The van der Waals surface area contributed by atoms with Crippen LogP contribution in [0.1, 0.15) is 24.8 Å². The van der Waals surface area contributed by atoms with Gasteiger partial charge in [0.15, 0.2) is 0 Å². The zero-order chi connectivity index (χ0) is 29.9. The van der Waals surface area contributed by atoms with Gasteiger partial charge >= 0.3 is 12.4 Å². The molecule has 1 N–H and O–H groups in total. The fourth-order valence-electron chi connectivity index (χ4n) is 5.39. The van der Waals surface area contributed by atoms with E-state index in [0.29, 0.717) is 54.5 Å². The van der Waals surface area contributed by atoms with Gasteiger partial charge in [-0.05, 0) is 74.8 Å². The van der Waals surface area contributed by atoms with Crippen LogP contribution in [-0.2, 0) is 4.74 Å². The number of pyridine rings is 1. The Kier molecular flexibility index (Phi) is 9.24. The standard InChI is InChI=1S/C30H32F6N4OS/c1-39-13-10-21(11-14-39)38-23-6-2-3-7-24(23)42-25-8-4-5-22(27(29(31,32)33)28(25)30(34,35)36)20-9-12-37-26(19-20)40-15-17-41-18-16-40/h2-3,5-9,12,19,21,38H,4,10-11,13-18H2,1H3. The number of para-hydroxylation sites is 1. The Hall–Kier alpha value is -2.96. The molecule has 5 nitrogen and oxygen atoms in total. The summed E-state index contributed by atoms with van der Waals surface area (Å²) in [6.45, 7) is 3.59. The average molecular weight is 611 g/mol. The number of nitrogens with one attached hydrogen (secondary N) is 1. The minimum atomic E-state index is -5.27. The summed E-state index contributed by atoms with van der Waals surface area (Å²) in [7, 11) is 2.03. The lowest BCUT2D eigenvalue weighted by Gasteiger charge is -2.31. The summed E-state index contributed by atoms with van der Waals surface area (Å²) >= 11 is 0.714. The monoisotopic (exact) mass is 610 g/mol. The molecule has 0 saturated carbocycles. The number of rotatable bonds is 6. The van der Waals surface area contributed by atoms with Crippen molar-refractivity contribution in [3.8, 4) is 0 Å². The first-order valence-corrected chi connectivity index (χ1v) is 14.6. The van der Waals surface area contributed by atoms with Crippen LogP contribution >= 0.6 is 11.8 Å². The number of allylic oxidation sites excluding steroid dienone is 5. The van der Waals surface area contributed by atoms with E-state index in [1.807, 2.05) is 11.9 Å². The number of alkyl halides is 6. The van der Waals surface area contributed by atoms with Gasteiger partial charge in [0, 0.05) is 40.8 Å². The Labute approximate surface area is 245 Å². The van der Waals surface area contributed by atoms with E-state index in [9.17, 15) is 26.3 Å². The van der Waals surface area contributed by atoms with Crippen LogP contribution in [0.3, 0.4) is 0 Å². The zero-order valence-electron chi connectivity index (χ0n) is 23.1. The summed E-state index contributed by atoms with van der Waals surface area (Å²) in [6, 6.07) is 9.71. The summed E-state index contributed by atoms with van der Waals surface area (Å²) in [5.74, 6) is 0.396. The predicted octanol–water partition coefficient (Wildman–Crippen LogP) is 7.31. The Morgan fingerprint density at radius 3 is 2.29 bits per heavy atom. The molecular formula is C30H32F6N4OS. The maximum atomic E-state index is 14.7. The number of ether oxygens (including phenoxy) is 1. The van der Waals surface area contributed by atoms with Gasteiger partial charge < -0.3 is 19.9 Å². The molecule has 2 fully saturated rings. The molecule has 0 spiro atoms. The van der Waals surface area contributed by atoms with E-state index >= 15 is 0 Å². The molecule has 12 heteroatoms. The van der Waals surface area contributed by atoms with Gasteiger partial charge in [0.1, 0.15) is 5.82 Å². The smallest absolute Gasteiger partial charge is 0.381 e. The molecule has 0 atom stereocenters. The van der Waals surface area contributed by atoms with Crippen molar-refractivity contribution in [1.29, 1.82) is 0 Å². The summed E-state index contributed by atoms with van der Waals surface area (Å²) in [5, 5.41) is 3.41. The lowest BCUT2D eigenvalue weighted by atomic mass is 9.93. The van der Waals surface area contributed by atoms with Gasteiger partial charge in [0.05, 0.1) is 24.4 Å². The summed E-state index contributed by atoms with van der Waals surface area (Å²) in [4.78, 5) is 8.28. The zero-order valence-corrected chi connectivity index (χ0v) is 23.9. The minimum absolute atomic E-state index is 0.0320. The lowest BCUT2D eigenvalue weighted by Crippen LogP contribution is -2.36. The molecule has 226 valence electrons. The highest BCUT2D eigenvalue weighted by Gasteiger charge is 2.49. The number of halogens is 6. The molecule has 0 unspecified atom stereocenters. The molecule has 3 aliphatic rings. The van der Waals surface area contributed by atoms with Crippen molar-refractivity contribution in [2.45, 2.75) is 42.6 Å². The highest BCUT2D eigenvalue weighted by atomic mass is 32.2. The largest absolute Gasteiger partial charge is 0.418 e. The second kappa shape index (κ2) is 12.7. The number of likely N-dealkylation sites (tertiary alicyclic amines) is 1. The number of hydrogen-bond acceptors (Lipinski definition) is 6. The topological polar surface area (TPSA) is 40.6 Å². The van der Waals surface area contributed by atoms with E-state index < -0.39 is 34.0 Å². The summed E-state index contributed by atoms with van der Waals surface area (Å²) < 4.78 is 93.7. The molecule has 1 aliphatic carbocycles. The van der Waals surface area contributed by atoms with Gasteiger partial charge in [0.25, 0.3) is 0 Å². The number of hydrogen-bond donors (Lipinski definition) is 1. The Morgan fingerprint density at radius 2 is 1.60 bits per heavy atom. The number of aromatic nitrogens is 1. The van der Waals surface area contributed by atoms with Gasteiger partial charge in [-0.25, -0.2) is 4.98 Å². The number of thioether (sulfide) groups is 1. The van der Waals surface area contributed by atoms with Crippen LogP contribution in [0.5, 0.6) is 0 Å². The quantitative estimate of drug-likeness (QED) is 0.346. The summed E-state index contributed by atoms with van der Waals surface area (Å²) in [6.07, 6.45) is -5.12. The van der Waals surface area contributed by atoms with Gasteiger partial charge in [-0.1, -0.05) is 36.0 Å². The van der Waals surface area contributed by atoms with Crippen molar-refractivity contribution in [1.82, 2.24) is 9.88 Å². The van der Waals surface area contributed by atoms with Crippen LogP contribution in [0.25, 0.3) is 5.57 Å². The first kappa shape index (κ1) is 30.5. The van der Waals surface area contributed by atoms with Crippen molar-refractivity contribution >= 4 is 28.8 Å². The normalized spacial score (nSPS) is 19.8. The number of nitrogens with zero attached hydrogens (tertiary/aromatic N) is 3. The maximum Gasteiger partial charge on any atom is 0.418 e. The molecule has 0 radical (unpaired) electrons. The number of anilines is 2. The minimum Gasteiger partial charge on any atom is -0.381 e. The van der Waals surface area contributed by atoms with E-state index in [1.54, 1.807) is 24.3 Å². The fourth-order valence-corrected chi connectivity index (χ4v) is 6.51. The van der Waals surface area contributed by atoms with Crippen LogP contribution in [0, 0.1) is 0 Å². The Bertz CT molecular complexity index is 1360. The highest BCUT2D eigenvalue weighted by Crippen LogP contribution is 2.51. The Morgan fingerprint density at radius 1 is 0.905 bits per heavy atom. The van der Waals surface area contributed by atoms with E-state index in [2.05, 4.69) is 15.2 Å². The molecule has 1 aromatic heterocycles. The third-order valence-corrected chi connectivity index (χ3v) is 8.70. The van der Waals surface area contributed by atoms with Crippen LogP contribution < -0.4 is 10.2 Å². The third kappa shape index (κ3) is 7.15. The molecule has 2 aliphatic heterocycles. The van der Waals surface area contributed by atoms with Gasteiger partial charge in [-0.3, -0.25) is 0 Å². The number of piperidine rings is 1. The fraction of sp³-hybridized carbons (Fsp3) is 0.433. The molecule has 0 amide bonds. The highest BCUT2D eigenvalue weighted by molar-refractivity contribution is 8.03. The first-order chi connectivity index (χ1) is 20.0. The average Bonchev–Trinajstić information content (AvgIpc) is 3.16. The predicted molar refractivity (Wildman–Crippen MR) is 154 cm³/mol. The van der Waals surface area contributed by atoms with Crippen molar-refractivity contribution < 1.29 is 31.1 Å². The van der Waals surface area contributed by atoms with Crippen LogP contribution in [0.4, 0.5) is 37.8 Å². The maximum absolute atomic E-state index is 14.7. The molecule has 3 heterocycles. The van der Waals surface area contributed by atoms with Gasteiger partial charge in [0.2, 0.25) is 0 Å². The summed E-state index contributed by atoms with van der Waals surface area (Å²) in [5.41, 5.74) is -3.23. The van der Waals surface area contributed by atoms with Crippen molar-refractivity contribution in [2.24, 2.45) is 0 Å². The molecule has 5 rings (SSSR count). The molecule has 42 heavy (non-hydrogen) atoms. The lowest BCUT2D eigenvalue weighted by molar-refractivity contribution is -0.109. The van der Waals surface area contributed by atoms with Gasteiger partial charge in [-0.2, -0.15) is 26.3 Å². The van der Waals surface area contributed by atoms with Crippen molar-refractivity contribution in [3.05, 3.63) is 76.4 Å². The first-order valence-electron chi connectivity index (χ1n) is 13.8. The second-order valence-corrected chi connectivity index (χ2v) is 11.6. The molecule has 2 saturated heterocycles. The van der Waals surface area contributed by atoms with Crippen LogP contribution in [0.15, 0.2) is 75.7 Å².